The molecule has 0 radical (unpaired) electrons. The number of nitrogens with zero attached hydrogens (tertiary/aromatic N) is 1. The average molecular weight is 146 g/mol. The quantitative estimate of drug-likeness (QED) is 0.291. The van der Waals surface area contributed by atoms with Crippen LogP contribution in [0.1, 0.15) is 6.92 Å². The van der Waals surface area contributed by atoms with Gasteiger partial charge in [-0.2, -0.15) is 0 Å². The van der Waals surface area contributed by atoms with Crippen molar-refractivity contribution in [3.8, 4) is 0 Å². The van der Waals surface area contributed by atoms with Gasteiger partial charge in [-0.15, -0.1) is 8.58 Å². The molecule has 1 heterocycles. The van der Waals surface area contributed by atoms with Crippen molar-refractivity contribution >= 4 is 14.5 Å². The maximum Gasteiger partial charge on any atom is 0.243 e. The van der Waals surface area contributed by atoms with Crippen LogP contribution in [0.15, 0.2) is 0 Å². The Balaban J connectivity index is 2.52. The van der Waals surface area contributed by atoms with Crippen LogP contribution in [0.5, 0.6) is 0 Å². The molecule has 0 aliphatic carbocycles. The molecule has 2 atom stereocenters. The van der Waals surface area contributed by atoms with Gasteiger partial charge in [0.25, 0.3) is 0 Å². The molecule has 1 amide bonds. The molecule has 3 nitrogen and oxygen atoms in total. The highest BCUT2D eigenvalue weighted by atomic mass is 31.1. The second-order valence-corrected chi connectivity index (χ2v) is 3.98. The predicted molar refractivity (Wildman–Crippen MR) is 38.5 cm³/mol. The van der Waals surface area contributed by atoms with Crippen molar-refractivity contribution < 1.29 is 4.79 Å². The van der Waals surface area contributed by atoms with E-state index in [0.29, 0.717) is 0 Å². The molecule has 0 spiro atoms. The molecule has 1 fully saturated rings. The number of hydrogen-bond acceptors (Lipinski definition) is 2. The fourth-order valence-electron chi connectivity index (χ4n) is 0.848. The van der Waals surface area contributed by atoms with Crippen molar-refractivity contribution in [2.24, 2.45) is 5.84 Å². The smallest absolute Gasteiger partial charge is 0.243 e. The molecule has 0 aromatic carbocycles. The SMILES string of the molecule is CC1PCCN(N)C1=O. The predicted octanol–water partition coefficient (Wildman–Crippen LogP) is -0.231. The third-order valence-electron chi connectivity index (χ3n) is 1.46. The standard InChI is InChI=1S/C5H11N2OP/c1-4-5(8)7(6)2-3-9-4/h4,9H,2-3,6H2,1H3. The second kappa shape index (κ2) is 2.63. The van der Waals surface area contributed by atoms with Crippen LogP contribution in [0.3, 0.4) is 0 Å². The van der Waals surface area contributed by atoms with Crippen LogP contribution in [0.4, 0.5) is 0 Å². The van der Waals surface area contributed by atoms with E-state index in [1.165, 1.54) is 5.01 Å². The number of rotatable bonds is 0. The van der Waals surface area contributed by atoms with Crippen molar-refractivity contribution in [1.82, 2.24) is 5.01 Å². The van der Waals surface area contributed by atoms with E-state index in [1.54, 1.807) is 0 Å². The first-order chi connectivity index (χ1) is 4.22. The summed E-state index contributed by atoms with van der Waals surface area (Å²) in [6.07, 6.45) is 1.07. The molecule has 52 valence electrons. The summed E-state index contributed by atoms with van der Waals surface area (Å²) in [5.41, 5.74) is 0.170. The van der Waals surface area contributed by atoms with Crippen LogP contribution < -0.4 is 5.84 Å². The summed E-state index contributed by atoms with van der Waals surface area (Å²) < 4.78 is 0. The summed E-state index contributed by atoms with van der Waals surface area (Å²) in [5, 5.41) is 1.32. The summed E-state index contributed by atoms with van der Waals surface area (Å²) in [5.74, 6) is 5.45. The van der Waals surface area contributed by atoms with Gasteiger partial charge in [0.15, 0.2) is 0 Å². The highest BCUT2D eigenvalue weighted by molar-refractivity contribution is 7.40. The van der Waals surface area contributed by atoms with E-state index in [2.05, 4.69) is 0 Å². The first kappa shape index (κ1) is 6.97. The third kappa shape index (κ3) is 1.41. The molecular weight excluding hydrogens is 135 g/mol. The molecule has 4 heteroatoms. The fraction of sp³-hybridized carbons (Fsp3) is 0.800. The summed E-state index contributed by atoms with van der Waals surface area (Å²) in [6, 6.07) is 0. The zero-order valence-corrected chi connectivity index (χ0v) is 6.42. The second-order valence-electron chi connectivity index (χ2n) is 2.21. The number of amides is 1. The minimum absolute atomic E-state index is 0.0968. The van der Waals surface area contributed by atoms with E-state index in [1.807, 2.05) is 6.92 Å². The Bertz CT molecular complexity index is 116. The molecule has 9 heavy (non-hydrogen) atoms. The van der Waals surface area contributed by atoms with Crippen molar-refractivity contribution in [1.29, 1.82) is 0 Å². The lowest BCUT2D eigenvalue weighted by molar-refractivity contribution is -0.130. The summed E-state index contributed by atoms with van der Waals surface area (Å²) in [7, 11) is 0.771. The van der Waals surface area contributed by atoms with Crippen LogP contribution in [0.25, 0.3) is 0 Å². The number of nitrogens with two attached hydrogens (primary N) is 1. The Morgan fingerprint density at radius 1 is 1.89 bits per heavy atom. The van der Waals surface area contributed by atoms with E-state index in [-0.39, 0.29) is 11.6 Å². The van der Waals surface area contributed by atoms with Crippen molar-refractivity contribution in [2.75, 3.05) is 12.7 Å². The lowest BCUT2D eigenvalue weighted by atomic mass is 10.4. The normalized spacial score (nSPS) is 31.6. The number of hydrogen-bond donors (Lipinski definition) is 1. The van der Waals surface area contributed by atoms with Crippen LogP contribution >= 0.6 is 8.58 Å². The summed E-state index contributed by atoms with van der Waals surface area (Å²) >= 11 is 0. The first-order valence-electron chi connectivity index (χ1n) is 3.01. The van der Waals surface area contributed by atoms with Gasteiger partial charge in [-0.25, -0.2) is 5.84 Å². The number of hydrazine groups is 1. The van der Waals surface area contributed by atoms with Gasteiger partial charge in [-0.3, -0.25) is 9.80 Å². The lowest BCUT2D eigenvalue weighted by Crippen LogP contribution is -2.46. The minimum Gasteiger partial charge on any atom is -0.280 e. The maximum absolute atomic E-state index is 10.9. The van der Waals surface area contributed by atoms with E-state index in [4.69, 9.17) is 5.84 Å². The molecule has 1 aliphatic heterocycles. The molecule has 2 N–H and O–H groups in total. The van der Waals surface area contributed by atoms with Crippen LogP contribution in [0.2, 0.25) is 0 Å². The third-order valence-corrected chi connectivity index (χ3v) is 2.83. The average Bonchev–Trinajstić information content (AvgIpc) is 1.83. The molecule has 1 saturated heterocycles. The lowest BCUT2D eigenvalue weighted by Gasteiger charge is -2.25. The molecule has 0 aromatic heterocycles. The Kier molecular flexibility index (Phi) is 2.04. The zero-order valence-electron chi connectivity index (χ0n) is 5.42. The molecular formula is C5H11N2OP. The Labute approximate surface area is 56.3 Å². The molecule has 1 rings (SSSR count). The monoisotopic (exact) mass is 146 g/mol. The summed E-state index contributed by atoms with van der Waals surface area (Å²) in [6.45, 7) is 2.67. The Hall–Kier alpha value is -0.140. The Morgan fingerprint density at radius 2 is 2.56 bits per heavy atom. The van der Waals surface area contributed by atoms with E-state index in [0.717, 1.165) is 21.3 Å². The molecule has 0 saturated carbocycles. The summed E-state index contributed by atoms with van der Waals surface area (Å²) in [4.78, 5) is 10.9. The van der Waals surface area contributed by atoms with Gasteiger partial charge >= 0.3 is 0 Å². The van der Waals surface area contributed by atoms with Gasteiger partial charge in [-0.05, 0) is 13.1 Å². The Morgan fingerprint density at radius 3 is 3.00 bits per heavy atom. The zero-order chi connectivity index (χ0) is 6.85. The van der Waals surface area contributed by atoms with E-state index in [9.17, 15) is 4.79 Å². The van der Waals surface area contributed by atoms with Crippen molar-refractivity contribution in [2.45, 2.75) is 12.6 Å². The number of carbonyl (C=O) groups is 1. The first-order valence-corrected chi connectivity index (χ1v) is 4.29. The van der Waals surface area contributed by atoms with Crippen molar-refractivity contribution in [3.63, 3.8) is 0 Å². The largest absolute Gasteiger partial charge is 0.280 e. The van der Waals surface area contributed by atoms with Gasteiger partial charge in [0.1, 0.15) is 0 Å². The highest BCUT2D eigenvalue weighted by Crippen LogP contribution is 2.23. The minimum atomic E-state index is 0.0968. The van der Waals surface area contributed by atoms with Gasteiger partial charge in [0.05, 0.1) is 5.66 Å². The molecule has 1 aliphatic rings. The van der Waals surface area contributed by atoms with Gasteiger partial charge < -0.3 is 0 Å². The van der Waals surface area contributed by atoms with Gasteiger partial charge in [0.2, 0.25) is 5.91 Å². The molecule has 2 unspecified atom stereocenters. The highest BCUT2D eigenvalue weighted by Gasteiger charge is 2.21. The van der Waals surface area contributed by atoms with Crippen LogP contribution in [0, 0.1) is 0 Å². The van der Waals surface area contributed by atoms with Crippen molar-refractivity contribution in [3.05, 3.63) is 0 Å². The number of carbonyl (C=O) groups excluding carboxylic acids is 1. The van der Waals surface area contributed by atoms with E-state index < -0.39 is 0 Å². The van der Waals surface area contributed by atoms with Gasteiger partial charge in [-0.1, -0.05) is 0 Å². The van der Waals surface area contributed by atoms with Crippen LogP contribution in [-0.4, -0.2) is 29.3 Å². The molecule has 0 aromatic rings. The van der Waals surface area contributed by atoms with Crippen LogP contribution in [-0.2, 0) is 4.79 Å². The molecule has 0 bridgehead atoms. The van der Waals surface area contributed by atoms with Gasteiger partial charge in [0, 0.05) is 6.54 Å². The maximum atomic E-state index is 10.9. The fourth-order valence-corrected chi connectivity index (χ4v) is 1.99. The van der Waals surface area contributed by atoms with E-state index >= 15 is 0 Å². The topological polar surface area (TPSA) is 46.3 Å².